The van der Waals surface area contributed by atoms with Crippen molar-refractivity contribution in [3.63, 3.8) is 0 Å². The number of carbonyl (C=O) groups excluding carboxylic acids is 2. The molecule has 1 unspecified atom stereocenters. The molecule has 0 spiro atoms. The van der Waals surface area contributed by atoms with Crippen LogP contribution in [0.1, 0.15) is 12.5 Å². The second kappa shape index (κ2) is 7.25. The molecule has 2 aromatic carbocycles. The van der Waals surface area contributed by atoms with Gasteiger partial charge in [-0.2, -0.15) is 0 Å². The van der Waals surface area contributed by atoms with E-state index >= 15 is 0 Å². The molecule has 1 atom stereocenters. The fraction of sp³-hybridized carbons (Fsp3) is 0.263. The van der Waals surface area contributed by atoms with Gasteiger partial charge in [0.15, 0.2) is 0 Å². The number of ether oxygens (including phenoxy) is 2. The molecule has 1 heterocycles. The average Bonchev–Trinajstić information content (AvgIpc) is 2.61. The van der Waals surface area contributed by atoms with E-state index in [-0.39, 0.29) is 17.7 Å². The molecule has 25 heavy (non-hydrogen) atoms. The molecule has 6 nitrogen and oxygen atoms in total. The van der Waals surface area contributed by atoms with Crippen LogP contribution in [0.3, 0.4) is 0 Å². The van der Waals surface area contributed by atoms with Crippen molar-refractivity contribution in [2.24, 2.45) is 5.92 Å². The number of fused-ring (bicyclic) bond motifs is 1. The van der Waals surface area contributed by atoms with Crippen LogP contribution >= 0.6 is 0 Å². The zero-order valence-corrected chi connectivity index (χ0v) is 14.2. The summed E-state index contributed by atoms with van der Waals surface area (Å²) in [5.41, 5.74) is 2.12. The van der Waals surface area contributed by atoms with Crippen molar-refractivity contribution in [3.8, 4) is 11.5 Å². The van der Waals surface area contributed by atoms with Gasteiger partial charge in [0.2, 0.25) is 11.8 Å². The molecule has 0 saturated carbocycles. The number of para-hydroxylation sites is 1. The fourth-order valence-electron chi connectivity index (χ4n) is 2.82. The molecule has 0 radical (unpaired) electrons. The topological polar surface area (TPSA) is 76.7 Å². The molecule has 2 amide bonds. The molecule has 1 aliphatic rings. The summed E-state index contributed by atoms with van der Waals surface area (Å²) in [6, 6.07) is 12.8. The molecule has 130 valence electrons. The molecule has 0 bridgehead atoms. The summed E-state index contributed by atoms with van der Waals surface area (Å²) in [5.74, 6) is 0.743. The average molecular weight is 340 g/mol. The van der Waals surface area contributed by atoms with Crippen LogP contribution in [0.5, 0.6) is 11.5 Å². The van der Waals surface area contributed by atoms with E-state index in [9.17, 15) is 9.59 Å². The maximum atomic E-state index is 12.6. The van der Waals surface area contributed by atoms with Crippen molar-refractivity contribution in [2.75, 3.05) is 24.4 Å². The molecule has 0 aromatic heterocycles. The Morgan fingerprint density at radius 1 is 1.16 bits per heavy atom. The zero-order valence-electron chi connectivity index (χ0n) is 14.2. The monoisotopic (exact) mass is 340 g/mol. The van der Waals surface area contributed by atoms with Gasteiger partial charge in [0.25, 0.3) is 0 Å². The molecule has 6 heteroatoms. The highest BCUT2D eigenvalue weighted by atomic mass is 16.5. The largest absolute Gasteiger partial charge is 0.495 e. The second-order valence-corrected chi connectivity index (χ2v) is 5.91. The summed E-state index contributed by atoms with van der Waals surface area (Å²) in [6.45, 7) is 1.76. The third-order valence-electron chi connectivity index (χ3n) is 4.03. The van der Waals surface area contributed by atoms with Crippen molar-refractivity contribution in [3.05, 3.63) is 48.0 Å². The van der Waals surface area contributed by atoms with E-state index in [1.807, 2.05) is 24.3 Å². The van der Waals surface area contributed by atoms with Crippen LogP contribution in [-0.2, 0) is 16.0 Å². The Morgan fingerprint density at radius 3 is 2.72 bits per heavy atom. The van der Waals surface area contributed by atoms with E-state index in [1.165, 1.54) is 14.0 Å². The summed E-state index contributed by atoms with van der Waals surface area (Å²) in [4.78, 5) is 23.9. The van der Waals surface area contributed by atoms with Crippen molar-refractivity contribution in [1.82, 2.24) is 0 Å². The number of carbonyl (C=O) groups is 2. The normalized spacial score (nSPS) is 15.5. The quantitative estimate of drug-likeness (QED) is 0.897. The minimum Gasteiger partial charge on any atom is -0.495 e. The zero-order chi connectivity index (χ0) is 17.8. The standard InChI is InChI=1S/C19H20N2O4/c1-12(22)20-15-7-8-18(24-2)16(10-15)21-19(23)14-9-13-5-3-4-6-17(13)25-11-14/h3-8,10,14H,9,11H2,1-2H3,(H,20,22)(H,21,23). The van der Waals surface area contributed by atoms with E-state index in [4.69, 9.17) is 9.47 Å². The van der Waals surface area contributed by atoms with Crippen LogP contribution < -0.4 is 20.1 Å². The van der Waals surface area contributed by atoms with Crippen molar-refractivity contribution in [2.45, 2.75) is 13.3 Å². The molecule has 2 N–H and O–H groups in total. The second-order valence-electron chi connectivity index (χ2n) is 5.91. The number of hydrogen-bond donors (Lipinski definition) is 2. The lowest BCUT2D eigenvalue weighted by Crippen LogP contribution is -2.32. The first-order chi connectivity index (χ1) is 12.1. The van der Waals surface area contributed by atoms with Crippen molar-refractivity contribution in [1.29, 1.82) is 0 Å². The maximum Gasteiger partial charge on any atom is 0.231 e. The minimum absolute atomic E-state index is 0.146. The smallest absolute Gasteiger partial charge is 0.231 e. The Bertz CT molecular complexity index is 804. The highest BCUT2D eigenvalue weighted by molar-refractivity contribution is 5.96. The van der Waals surface area contributed by atoms with E-state index in [1.54, 1.807) is 18.2 Å². The van der Waals surface area contributed by atoms with E-state index in [2.05, 4.69) is 10.6 Å². The van der Waals surface area contributed by atoms with E-state index < -0.39 is 0 Å². The Morgan fingerprint density at radius 2 is 1.96 bits per heavy atom. The van der Waals surface area contributed by atoms with Gasteiger partial charge in [-0.15, -0.1) is 0 Å². The Kier molecular flexibility index (Phi) is 4.88. The van der Waals surface area contributed by atoms with Gasteiger partial charge in [-0.3, -0.25) is 9.59 Å². The van der Waals surface area contributed by atoms with Gasteiger partial charge in [0, 0.05) is 12.6 Å². The summed E-state index contributed by atoms with van der Waals surface area (Å²) in [6.07, 6.45) is 0.621. The first-order valence-electron chi connectivity index (χ1n) is 8.04. The van der Waals surface area contributed by atoms with Crippen LogP contribution in [0.2, 0.25) is 0 Å². The van der Waals surface area contributed by atoms with Crippen LogP contribution in [0.4, 0.5) is 11.4 Å². The van der Waals surface area contributed by atoms with Gasteiger partial charge in [-0.1, -0.05) is 18.2 Å². The van der Waals surface area contributed by atoms with Gasteiger partial charge < -0.3 is 20.1 Å². The number of rotatable bonds is 4. The number of benzene rings is 2. The Hall–Kier alpha value is -3.02. The van der Waals surface area contributed by atoms with E-state index in [0.717, 1.165) is 11.3 Å². The third kappa shape index (κ3) is 3.91. The highest BCUT2D eigenvalue weighted by Gasteiger charge is 2.26. The first-order valence-corrected chi connectivity index (χ1v) is 8.04. The molecule has 2 aromatic rings. The number of amides is 2. The lowest BCUT2D eigenvalue weighted by molar-refractivity contribution is -0.121. The van der Waals surface area contributed by atoms with Gasteiger partial charge in [-0.05, 0) is 36.2 Å². The number of methoxy groups -OCH3 is 1. The molecule has 1 aliphatic heterocycles. The summed E-state index contributed by atoms with van der Waals surface area (Å²) in [5, 5.41) is 5.57. The van der Waals surface area contributed by atoms with Gasteiger partial charge >= 0.3 is 0 Å². The minimum atomic E-state index is -0.288. The molecule has 0 fully saturated rings. The molecule has 0 saturated heterocycles. The van der Waals surface area contributed by atoms with Crippen LogP contribution in [0.25, 0.3) is 0 Å². The van der Waals surface area contributed by atoms with Crippen molar-refractivity contribution >= 4 is 23.2 Å². The summed E-state index contributed by atoms with van der Waals surface area (Å²) in [7, 11) is 1.53. The van der Waals surface area contributed by atoms with Crippen molar-refractivity contribution < 1.29 is 19.1 Å². The number of hydrogen-bond acceptors (Lipinski definition) is 4. The lowest BCUT2D eigenvalue weighted by atomic mass is 9.96. The van der Waals surface area contributed by atoms with Crippen LogP contribution in [-0.4, -0.2) is 25.5 Å². The Balaban J connectivity index is 1.75. The summed E-state index contributed by atoms with van der Waals surface area (Å²) < 4.78 is 11.0. The predicted molar refractivity (Wildman–Crippen MR) is 95.1 cm³/mol. The molecular weight excluding hydrogens is 320 g/mol. The Labute approximate surface area is 146 Å². The molecule has 3 rings (SSSR count). The van der Waals surface area contributed by atoms with Gasteiger partial charge in [0.1, 0.15) is 18.1 Å². The number of anilines is 2. The van der Waals surface area contributed by atoms with Crippen LogP contribution in [0.15, 0.2) is 42.5 Å². The molecule has 0 aliphatic carbocycles. The van der Waals surface area contributed by atoms with Gasteiger partial charge in [0.05, 0.1) is 18.7 Å². The van der Waals surface area contributed by atoms with Crippen LogP contribution in [0, 0.1) is 5.92 Å². The lowest BCUT2D eigenvalue weighted by Gasteiger charge is -2.25. The number of nitrogens with one attached hydrogen (secondary N) is 2. The molecular formula is C19H20N2O4. The fourth-order valence-corrected chi connectivity index (χ4v) is 2.82. The first kappa shape index (κ1) is 16.8. The SMILES string of the molecule is COc1ccc(NC(C)=O)cc1NC(=O)C1COc2ccccc2C1. The maximum absolute atomic E-state index is 12.6. The predicted octanol–water partition coefficient (Wildman–Crippen LogP) is 2.84. The highest BCUT2D eigenvalue weighted by Crippen LogP contribution is 2.31. The summed E-state index contributed by atoms with van der Waals surface area (Å²) >= 11 is 0. The van der Waals surface area contributed by atoms with Gasteiger partial charge in [-0.25, -0.2) is 0 Å². The van der Waals surface area contributed by atoms with E-state index in [0.29, 0.717) is 30.2 Å². The third-order valence-corrected chi connectivity index (χ3v) is 4.03.